The number of carbonyl (C=O) groups is 1. The lowest BCUT2D eigenvalue weighted by Crippen LogP contribution is -2.08. The molecule has 21 heavy (non-hydrogen) atoms. The Morgan fingerprint density at radius 2 is 2.24 bits per heavy atom. The maximum atomic E-state index is 11.0. The van der Waals surface area contributed by atoms with Gasteiger partial charge in [-0.3, -0.25) is 10.1 Å². The minimum Gasteiger partial charge on any atom is -0.487 e. The summed E-state index contributed by atoms with van der Waals surface area (Å²) in [5.74, 6) is -0.748. The van der Waals surface area contributed by atoms with Gasteiger partial charge >= 0.3 is 5.97 Å². The van der Waals surface area contributed by atoms with Gasteiger partial charge in [0, 0.05) is 17.8 Å². The molecule has 0 saturated heterocycles. The molecule has 2 aromatic rings. The fraction of sp³-hybridized carbons (Fsp3) is 0.154. The van der Waals surface area contributed by atoms with Gasteiger partial charge in [0.25, 0.3) is 5.69 Å². The van der Waals surface area contributed by atoms with Crippen LogP contribution in [0.25, 0.3) is 0 Å². The smallest absolute Gasteiger partial charge is 0.339 e. The summed E-state index contributed by atoms with van der Waals surface area (Å²) in [6, 6.07) is 4.30. The Bertz CT molecular complexity index is 702. The lowest BCUT2D eigenvalue weighted by atomic mass is 10.2. The van der Waals surface area contributed by atoms with E-state index in [0.29, 0.717) is 11.3 Å². The minimum absolute atomic E-state index is 0.00406. The number of rotatable bonds is 5. The third-order valence-electron chi connectivity index (χ3n) is 2.77. The van der Waals surface area contributed by atoms with Gasteiger partial charge in [0.15, 0.2) is 0 Å². The highest BCUT2D eigenvalue weighted by Gasteiger charge is 2.13. The maximum absolute atomic E-state index is 11.0. The minimum atomic E-state index is -1.14. The number of nitrogens with zero attached hydrogens (tertiary/aromatic N) is 3. The standard InChI is InChI=1S/C13H11N3O5/c1-8-4-9(2-3-12(8)16(19)20)21-6-11-10(13(17)18)5-14-7-15-11/h2-5,7H,6H2,1H3,(H,17,18). The molecule has 0 unspecified atom stereocenters. The van der Waals surface area contributed by atoms with E-state index in [1.54, 1.807) is 6.92 Å². The van der Waals surface area contributed by atoms with Crippen molar-refractivity contribution in [2.24, 2.45) is 0 Å². The first-order valence-corrected chi connectivity index (χ1v) is 5.89. The molecule has 0 atom stereocenters. The lowest BCUT2D eigenvalue weighted by molar-refractivity contribution is -0.385. The number of carboxylic acids is 1. The van der Waals surface area contributed by atoms with Crippen molar-refractivity contribution in [2.45, 2.75) is 13.5 Å². The molecule has 0 fully saturated rings. The number of carboxylic acid groups (broad SMARTS) is 1. The Morgan fingerprint density at radius 3 is 2.86 bits per heavy atom. The van der Waals surface area contributed by atoms with Crippen molar-refractivity contribution in [1.82, 2.24) is 9.97 Å². The predicted octanol–water partition coefficient (Wildman–Crippen LogP) is 1.97. The predicted molar refractivity (Wildman–Crippen MR) is 71.2 cm³/mol. The highest BCUT2D eigenvalue weighted by molar-refractivity contribution is 5.88. The van der Waals surface area contributed by atoms with Crippen LogP contribution < -0.4 is 4.74 Å². The van der Waals surface area contributed by atoms with E-state index in [0.717, 1.165) is 0 Å². The molecule has 1 aromatic carbocycles. The Balaban J connectivity index is 2.16. The molecule has 2 rings (SSSR count). The Hall–Kier alpha value is -3.03. The average Bonchev–Trinajstić information content (AvgIpc) is 2.45. The molecule has 0 aliphatic heterocycles. The van der Waals surface area contributed by atoms with Gasteiger partial charge in [-0.1, -0.05) is 0 Å². The first-order valence-electron chi connectivity index (χ1n) is 5.89. The summed E-state index contributed by atoms with van der Waals surface area (Å²) in [5.41, 5.74) is 0.638. The average molecular weight is 289 g/mol. The molecule has 0 saturated carbocycles. The molecule has 8 heteroatoms. The molecular formula is C13H11N3O5. The normalized spacial score (nSPS) is 10.1. The third kappa shape index (κ3) is 3.30. The topological polar surface area (TPSA) is 115 Å². The molecule has 0 aliphatic rings. The van der Waals surface area contributed by atoms with Crippen molar-refractivity contribution in [3.63, 3.8) is 0 Å². The van der Waals surface area contributed by atoms with Crippen LogP contribution in [0.2, 0.25) is 0 Å². The number of benzene rings is 1. The summed E-state index contributed by atoms with van der Waals surface area (Å²) in [6.45, 7) is 1.53. The number of aromatic nitrogens is 2. The molecule has 1 aromatic heterocycles. The van der Waals surface area contributed by atoms with Crippen LogP contribution in [0.5, 0.6) is 5.75 Å². The van der Waals surface area contributed by atoms with Crippen LogP contribution in [0.1, 0.15) is 21.6 Å². The summed E-state index contributed by atoms with van der Waals surface area (Å²) in [4.78, 5) is 28.7. The van der Waals surface area contributed by atoms with E-state index in [1.807, 2.05) is 0 Å². The van der Waals surface area contributed by atoms with Crippen LogP contribution in [0, 0.1) is 17.0 Å². The van der Waals surface area contributed by atoms with E-state index in [9.17, 15) is 14.9 Å². The Morgan fingerprint density at radius 1 is 1.48 bits per heavy atom. The second-order valence-electron chi connectivity index (χ2n) is 4.18. The van der Waals surface area contributed by atoms with Gasteiger partial charge in [0.05, 0.1) is 10.6 Å². The van der Waals surface area contributed by atoms with Crippen LogP contribution in [-0.4, -0.2) is 26.0 Å². The van der Waals surface area contributed by atoms with Crippen LogP contribution in [-0.2, 0) is 6.61 Å². The van der Waals surface area contributed by atoms with Crippen LogP contribution in [0.15, 0.2) is 30.7 Å². The van der Waals surface area contributed by atoms with Gasteiger partial charge in [0.1, 0.15) is 24.2 Å². The zero-order valence-corrected chi connectivity index (χ0v) is 11.0. The van der Waals surface area contributed by atoms with Crippen molar-refractivity contribution >= 4 is 11.7 Å². The zero-order valence-electron chi connectivity index (χ0n) is 11.0. The number of aromatic carboxylic acids is 1. The maximum Gasteiger partial charge on any atom is 0.339 e. The number of ether oxygens (including phenoxy) is 1. The van der Waals surface area contributed by atoms with E-state index < -0.39 is 10.9 Å². The van der Waals surface area contributed by atoms with Gasteiger partial charge in [-0.15, -0.1) is 0 Å². The van der Waals surface area contributed by atoms with E-state index in [2.05, 4.69) is 9.97 Å². The first kappa shape index (κ1) is 14.4. The number of hydrogen-bond acceptors (Lipinski definition) is 6. The van der Waals surface area contributed by atoms with Crippen LogP contribution >= 0.6 is 0 Å². The number of nitro benzene ring substituents is 1. The van der Waals surface area contributed by atoms with E-state index >= 15 is 0 Å². The van der Waals surface area contributed by atoms with Crippen molar-refractivity contribution in [2.75, 3.05) is 0 Å². The third-order valence-corrected chi connectivity index (χ3v) is 2.77. The van der Waals surface area contributed by atoms with E-state index in [4.69, 9.17) is 9.84 Å². The summed E-state index contributed by atoms with van der Waals surface area (Å²) >= 11 is 0. The molecule has 8 nitrogen and oxygen atoms in total. The Labute approximate surface area is 119 Å². The summed E-state index contributed by atoms with van der Waals surface area (Å²) in [6.07, 6.45) is 2.42. The van der Waals surface area contributed by atoms with Crippen molar-refractivity contribution in [3.8, 4) is 5.75 Å². The van der Waals surface area contributed by atoms with E-state index in [-0.39, 0.29) is 23.6 Å². The molecular weight excluding hydrogens is 278 g/mol. The molecule has 0 spiro atoms. The highest BCUT2D eigenvalue weighted by atomic mass is 16.6. The largest absolute Gasteiger partial charge is 0.487 e. The molecule has 1 heterocycles. The number of aryl methyl sites for hydroxylation is 1. The first-order chi connectivity index (χ1) is 9.99. The zero-order chi connectivity index (χ0) is 15.4. The van der Waals surface area contributed by atoms with Gasteiger partial charge < -0.3 is 9.84 Å². The number of hydrogen-bond donors (Lipinski definition) is 1. The second kappa shape index (κ2) is 5.95. The van der Waals surface area contributed by atoms with Crippen LogP contribution in [0.4, 0.5) is 5.69 Å². The van der Waals surface area contributed by atoms with Crippen molar-refractivity contribution in [3.05, 3.63) is 57.7 Å². The monoisotopic (exact) mass is 289 g/mol. The summed E-state index contributed by atoms with van der Waals surface area (Å²) in [7, 11) is 0. The molecule has 0 radical (unpaired) electrons. The van der Waals surface area contributed by atoms with E-state index in [1.165, 1.54) is 30.7 Å². The fourth-order valence-electron chi connectivity index (χ4n) is 1.72. The molecule has 1 N–H and O–H groups in total. The number of nitro groups is 1. The van der Waals surface area contributed by atoms with Crippen molar-refractivity contribution in [1.29, 1.82) is 0 Å². The molecule has 0 bridgehead atoms. The molecule has 108 valence electrons. The molecule has 0 amide bonds. The second-order valence-corrected chi connectivity index (χ2v) is 4.18. The van der Waals surface area contributed by atoms with Gasteiger partial charge in [-0.2, -0.15) is 0 Å². The summed E-state index contributed by atoms with van der Waals surface area (Å²) < 4.78 is 5.42. The SMILES string of the molecule is Cc1cc(OCc2ncncc2C(=O)O)ccc1[N+](=O)[O-]. The van der Waals surface area contributed by atoms with Gasteiger partial charge in [-0.05, 0) is 19.1 Å². The van der Waals surface area contributed by atoms with Crippen molar-refractivity contribution < 1.29 is 19.6 Å². The Kier molecular flexibility index (Phi) is 4.07. The quantitative estimate of drug-likeness (QED) is 0.660. The summed E-state index contributed by atoms with van der Waals surface area (Å²) in [5, 5.41) is 19.7. The van der Waals surface area contributed by atoms with Crippen LogP contribution in [0.3, 0.4) is 0 Å². The highest BCUT2D eigenvalue weighted by Crippen LogP contribution is 2.23. The van der Waals surface area contributed by atoms with Gasteiger partial charge in [0.2, 0.25) is 0 Å². The van der Waals surface area contributed by atoms with Gasteiger partial charge in [-0.25, -0.2) is 14.8 Å². The molecule has 0 aliphatic carbocycles. The fourth-order valence-corrected chi connectivity index (χ4v) is 1.72. The lowest BCUT2D eigenvalue weighted by Gasteiger charge is -2.08.